The number of carbonyl (C=O) groups excluding carboxylic acids is 2. The molecule has 0 aliphatic heterocycles. The molecule has 1 saturated carbocycles. The number of amides is 2. The highest BCUT2D eigenvalue weighted by Crippen LogP contribution is 2.55. The number of aryl methyl sites for hydroxylation is 1. The van der Waals surface area contributed by atoms with Crippen LogP contribution in [-0.4, -0.2) is 33.9 Å². The van der Waals surface area contributed by atoms with Crippen molar-refractivity contribution in [1.29, 1.82) is 0 Å². The van der Waals surface area contributed by atoms with Crippen molar-refractivity contribution in [2.24, 2.45) is 17.6 Å². The van der Waals surface area contributed by atoms with E-state index in [2.05, 4.69) is 10.6 Å². The molecule has 0 radical (unpaired) electrons. The minimum absolute atomic E-state index is 0.160. The molecular formula is C29H35F2N3O5S. The lowest BCUT2D eigenvalue weighted by molar-refractivity contribution is -0.141. The van der Waals surface area contributed by atoms with Crippen LogP contribution in [0.1, 0.15) is 58.3 Å². The molecule has 1 aliphatic rings. The zero-order chi connectivity index (χ0) is 30.4. The van der Waals surface area contributed by atoms with E-state index in [9.17, 15) is 23.2 Å². The Balaban J connectivity index is 2.22. The third-order valence-electron chi connectivity index (χ3n) is 6.41. The summed E-state index contributed by atoms with van der Waals surface area (Å²) in [6, 6.07) is 7.51. The van der Waals surface area contributed by atoms with E-state index < -0.39 is 41.8 Å². The zero-order valence-electron chi connectivity index (χ0n) is 23.3. The summed E-state index contributed by atoms with van der Waals surface area (Å²) >= 11 is 5.53. The molecule has 8 nitrogen and oxygen atoms in total. The number of rotatable bonds is 11. The van der Waals surface area contributed by atoms with Crippen LogP contribution < -0.4 is 16.4 Å². The van der Waals surface area contributed by atoms with Crippen LogP contribution >= 0.6 is 12.2 Å². The molecule has 3 unspecified atom stereocenters. The molecule has 40 heavy (non-hydrogen) atoms. The number of carboxylic acid groups (broad SMARTS) is 1. The second-order valence-electron chi connectivity index (χ2n) is 9.60. The van der Waals surface area contributed by atoms with Crippen molar-refractivity contribution in [3.05, 3.63) is 81.9 Å². The lowest BCUT2D eigenvalue weighted by Crippen LogP contribution is -2.31. The minimum atomic E-state index is -3.62. The molecule has 2 rings (SSSR count). The van der Waals surface area contributed by atoms with Crippen LogP contribution in [0.5, 0.6) is 0 Å². The van der Waals surface area contributed by atoms with Crippen molar-refractivity contribution in [2.75, 3.05) is 0 Å². The van der Waals surface area contributed by atoms with Crippen LogP contribution in [0.25, 0.3) is 0 Å². The van der Waals surface area contributed by atoms with Gasteiger partial charge in [-0.1, -0.05) is 55.6 Å². The fraction of sp³-hybridized carbons (Fsp3) is 0.379. The summed E-state index contributed by atoms with van der Waals surface area (Å²) in [6.45, 7) is 10.4. The average molecular weight is 576 g/mol. The van der Waals surface area contributed by atoms with Crippen molar-refractivity contribution in [2.45, 2.75) is 60.0 Å². The van der Waals surface area contributed by atoms with Crippen molar-refractivity contribution >= 4 is 35.1 Å². The van der Waals surface area contributed by atoms with E-state index in [4.69, 9.17) is 27.8 Å². The Kier molecular flexibility index (Phi) is 10.9. The topological polar surface area (TPSA) is 131 Å². The number of hydrogen-bond donors (Lipinski definition) is 4. The first kappa shape index (κ1) is 32.4. The maximum absolute atomic E-state index is 13.9. The smallest absolute Gasteiger partial charge is 0.412 e. The second kappa shape index (κ2) is 13.5. The molecule has 0 spiro atoms. The van der Waals surface area contributed by atoms with Crippen molar-refractivity contribution in [3.63, 3.8) is 0 Å². The van der Waals surface area contributed by atoms with E-state index in [-0.39, 0.29) is 22.0 Å². The zero-order valence-corrected chi connectivity index (χ0v) is 24.1. The molecule has 0 saturated heterocycles. The summed E-state index contributed by atoms with van der Waals surface area (Å²) in [4.78, 5) is 36.4. The number of allylic oxidation sites excluding steroid dienone is 6. The van der Waals surface area contributed by atoms with Gasteiger partial charge in [-0.2, -0.15) is 0 Å². The van der Waals surface area contributed by atoms with Gasteiger partial charge in [0.1, 0.15) is 17.9 Å². The van der Waals surface area contributed by atoms with Crippen LogP contribution in [-0.2, 0) is 14.3 Å². The first-order valence-corrected chi connectivity index (χ1v) is 13.1. The molecular weight excluding hydrogens is 540 g/mol. The number of carboxylic acids is 1. The van der Waals surface area contributed by atoms with Gasteiger partial charge in [-0.15, -0.1) is 0 Å². The Hall–Kier alpha value is -3.86. The van der Waals surface area contributed by atoms with E-state index in [1.165, 1.54) is 12.2 Å². The Morgan fingerprint density at radius 2 is 1.75 bits per heavy atom. The second-order valence-corrected chi connectivity index (χ2v) is 10.0. The number of hydrogen-bond acceptors (Lipinski definition) is 6. The minimum Gasteiger partial charge on any atom is -0.481 e. The van der Waals surface area contributed by atoms with Gasteiger partial charge in [-0.25, -0.2) is 13.6 Å². The molecule has 1 aromatic carbocycles. The van der Waals surface area contributed by atoms with Gasteiger partial charge in [0.05, 0.1) is 10.6 Å². The first-order valence-electron chi connectivity index (χ1n) is 12.6. The molecule has 1 aromatic rings. The molecule has 0 bridgehead atoms. The summed E-state index contributed by atoms with van der Waals surface area (Å²) in [5, 5.41) is 14.0. The van der Waals surface area contributed by atoms with E-state index >= 15 is 0 Å². The third-order valence-corrected chi connectivity index (χ3v) is 6.94. The summed E-state index contributed by atoms with van der Waals surface area (Å²) in [5.74, 6) is -10.5. The molecule has 0 aromatic heterocycles. The maximum atomic E-state index is 13.9. The Morgan fingerprint density at radius 3 is 2.27 bits per heavy atom. The van der Waals surface area contributed by atoms with E-state index in [0.29, 0.717) is 17.6 Å². The van der Waals surface area contributed by atoms with Gasteiger partial charge in [0.15, 0.2) is 0 Å². The molecule has 1 fully saturated rings. The number of ether oxygens (including phenoxy) is 1. The number of carbonyl (C=O) groups is 3. The predicted octanol–water partition coefficient (Wildman–Crippen LogP) is 5.61. The van der Waals surface area contributed by atoms with E-state index in [0.717, 1.165) is 11.1 Å². The molecule has 5 N–H and O–H groups in total. The Morgan fingerprint density at radius 1 is 1.12 bits per heavy atom. The SMILES string of the molecule is CC/C=C(C)/C(=C\C=C(/C)C(=S)/C(NC(=O)OC(C)c1ccccc1C)=C(/C)N)NC(=O)C1C(C(=O)O)C1(F)F. The van der Waals surface area contributed by atoms with Crippen LogP contribution in [0.15, 0.2) is 70.7 Å². The molecule has 216 valence electrons. The number of halogens is 2. The summed E-state index contributed by atoms with van der Waals surface area (Å²) < 4.78 is 33.3. The summed E-state index contributed by atoms with van der Waals surface area (Å²) in [7, 11) is 0. The first-order chi connectivity index (χ1) is 18.6. The molecule has 1 aliphatic carbocycles. The number of nitrogens with two attached hydrogens (primary N) is 1. The lowest BCUT2D eigenvalue weighted by Gasteiger charge is -2.18. The van der Waals surface area contributed by atoms with Gasteiger partial charge in [0.2, 0.25) is 5.91 Å². The number of thiocarbonyl (C=S) groups is 1. The van der Waals surface area contributed by atoms with Crippen LogP contribution in [0, 0.1) is 18.8 Å². The van der Waals surface area contributed by atoms with Gasteiger partial charge in [-0.3, -0.25) is 14.9 Å². The Bertz CT molecular complexity index is 1310. The molecule has 3 atom stereocenters. The van der Waals surface area contributed by atoms with Crippen LogP contribution in [0.3, 0.4) is 0 Å². The number of aliphatic carboxylic acids is 1. The average Bonchev–Trinajstić information content (AvgIpc) is 3.46. The standard InChI is InChI=1S/C29H35F2N3O5S/c1-7-10-16(3)21(33-26(35)22-23(27(36)37)29(22,30)31)14-13-17(4)25(40)24(18(5)32)34-28(38)39-19(6)20-12-9-8-11-15(20)2/h8-14,19,22-23H,7,32H2,1-6H3,(H,33,35)(H,34,38)(H,36,37)/b16-10+,17-13+,21-14+,24-18+. The van der Waals surface area contributed by atoms with Gasteiger partial charge in [-0.05, 0) is 69.4 Å². The summed E-state index contributed by atoms with van der Waals surface area (Å²) in [5.41, 5.74) is 9.46. The largest absolute Gasteiger partial charge is 0.481 e. The number of nitrogens with one attached hydrogen (secondary N) is 2. The highest BCUT2D eigenvalue weighted by Gasteiger charge is 2.76. The van der Waals surface area contributed by atoms with Crippen LogP contribution in [0.2, 0.25) is 0 Å². The van der Waals surface area contributed by atoms with Gasteiger partial charge < -0.3 is 20.9 Å². The monoisotopic (exact) mass is 575 g/mol. The quantitative estimate of drug-likeness (QED) is 0.153. The summed E-state index contributed by atoms with van der Waals surface area (Å²) in [6.07, 6.45) is 4.09. The van der Waals surface area contributed by atoms with Crippen molar-refractivity contribution < 1.29 is 33.0 Å². The van der Waals surface area contributed by atoms with Crippen molar-refractivity contribution in [1.82, 2.24) is 10.6 Å². The Labute approximate surface area is 238 Å². The highest BCUT2D eigenvalue weighted by molar-refractivity contribution is 7.81. The molecule has 2 amide bonds. The van der Waals surface area contributed by atoms with Gasteiger partial charge >= 0.3 is 12.1 Å². The number of benzene rings is 1. The van der Waals surface area contributed by atoms with E-state index in [1.54, 1.807) is 33.8 Å². The number of alkyl halides is 2. The lowest BCUT2D eigenvalue weighted by atomic mass is 10.0. The predicted molar refractivity (Wildman–Crippen MR) is 152 cm³/mol. The normalized spacial score (nSPS) is 20.1. The molecule has 11 heteroatoms. The fourth-order valence-corrected chi connectivity index (χ4v) is 4.35. The van der Waals surface area contributed by atoms with E-state index in [1.807, 2.05) is 38.1 Å². The maximum Gasteiger partial charge on any atom is 0.412 e. The van der Waals surface area contributed by atoms with Gasteiger partial charge in [0, 0.05) is 11.4 Å². The molecule has 0 heterocycles. The number of alkyl carbamates (subject to hydrolysis) is 1. The van der Waals surface area contributed by atoms with Gasteiger partial charge in [0.25, 0.3) is 5.92 Å². The fourth-order valence-electron chi connectivity index (χ4n) is 4.07. The van der Waals surface area contributed by atoms with Crippen LogP contribution in [0.4, 0.5) is 13.6 Å². The van der Waals surface area contributed by atoms with Crippen molar-refractivity contribution in [3.8, 4) is 0 Å². The highest BCUT2D eigenvalue weighted by atomic mass is 32.1. The third kappa shape index (κ3) is 7.84.